The smallest absolute Gasteiger partial charge is 0.250 e. The first-order valence-corrected chi connectivity index (χ1v) is 12.9. The van der Waals surface area contributed by atoms with Crippen molar-refractivity contribution in [1.82, 2.24) is 19.7 Å². The minimum Gasteiger partial charge on any atom is -0.497 e. The van der Waals surface area contributed by atoms with Gasteiger partial charge in [0.1, 0.15) is 17.6 Å². The number of ether oxygens (including phenoxy) is 2. The lowest BCUT2D eigenvalue weighted by atomic mass is 9.92. The van der Waals surface area contributed by atoms with Crippen LogP contribution >= 0.6 is 0 Å². The molecule has 1 amide bonds. The van der Waals surface area contributed by atoms with E-state index in [4.69, 9.17) is 9.47 Å². The summed E-state index contributed by atoms with van der Waals surface area (Å²) >= 11 is 0. The molecular weight excluding hydrogens is 480 g/mol. The Morgan fingerprint density at radius 3 is 2.39 bits per heavy atom. The molecule has 1 aliphatic carbocycles. The number of benzene rings is 2. The molecule has 8 heteroatoms. The van der Waals surface area contributed by atoms with E-state index < -0.39 is 6.10 Å². The number of aryl methyl sites for hydroxylation is 1. The number of nitrogens with zero attached hydrogens (tertiary/aromatic N) is 3. The van der Waals surface area contributed by atoms with Gasteiger partial charge in [-0.15, -0.1) is 0 Å². The number of methoxy groups -OCH3 is 1. The van der Waals surface area contributed by atoms with Gasteiger partial charge in [0.15, 0.2) is 0 Å². The van der Waals surface area contributed by atoms with E-state index in [9.17, 15) is 9.59 Å². The summed E-state index contributed by atoms with van der Waals surface area (Å²) in [7, 11) is 3.36. The number of hydrogen-bond acceptors (Lipinski definition) is 5. The van der Waals surface area contributed by atoms with Crippen LogP contribution in [0.5, 0.6) is 11.5 Å². The van der Waals surface area contributed by atoms with Crippen LogP contribution in [0.2, 0.25) is 0 Å². The molecule has 8 nitrogen and oxygen atoms in total. The Hall–Kier alpha value is -4.07. The maximum absolute atomic E-state index is 13.1. The maximum Gasteiger partial charge on any atom is 0.250 e. The number of carbonyl (C=O) groups is 1. The molecular formula is C30H34N4O4. The maximum atomic E-state index is 13.1. The molecule has 198 valence electrons. The molecule has 1 saturated carbocycles. The molecule has 5 rings (SSSR count). The Bertz CT molecular complexity index is 1520. The van der Waals surface area contributed by atoms with E-state index in [0.29, 0.717) is 5.75 Å². The van der Waals surface area contributed by atoms with Gasteiger partial charge in [0.25, 0.3) is 0 Å². The van der Waals surface area contributed by atoms with Crippen LogP contribution in [0.4, 0.5) is 0 Å². The summed E-state index contributed by atoms with van der Waals surface area (Å²) in [5.74, 6) is 1.64. The normalized spacial score (nSPS) is 15.7. The van der Waals surface area contributed by atoms with Crippen molar-refractivity contribution in [3.63, 3.8) is 0 Å². The standard InChI is InChI=1S/C30H34N4O4/c1-19(2)27(32-29(36)30(3)14-15-30)28(20-6-9-23(37-5)10-7-20)38-24-11-12-25-21(16-24)17-31-34(25)22-8-13-26(35)33(4)18-22/h6-13,16-19,27-28H,14-15H2,1-5H3,(H,32,36)/t27-,28+/m0/s1. The average Bonchev–Trinajstić information content (AvgIpc) is 3.53. The lowest BCUT2D eigenvalue weighted by molar-refractivity contribution is -0.127. The molecule has 0 bridgehead atoms. The molecule has 2 aromatic heterocycles. The molecule has 1 aliphatic rings. The largest absolute Gasteiger partial charge is 0.497 e. The van der Waals surface area contributed by atoms with Gasteiger partial charge in [0, 0.05) is 30.1 Å². The summed E-state index contributed by atoms with van der Waals surface area (Å²) in [5, 5.41) is 8.75. The van der Waals surface area contributed by atoms with Crippen molar-refractivity contribution in [3.05, 3.63) is 82.9 Å². The van der Waals surface area contributed by atoms with E-state index >= 15 is 0 Å². The van der Waals surface area contributed by atoms with Gasteiger partial charge in [-0.3, -0.25) is 9.59 Å². The zero-order valence-corrected chi connectivity index (χ0v) is 22.5. The zero-order valence-electron chi connectivity index (χ0n) is 22.5. The molecule has 0 aliphatic heterocycles. The summed E-state index contributed by atoms with van der Waals surface area (Å²) in [4.78, 5) is 24.9. The molecule has 2 aromatic carbocycles. The van der Waals surface area contributed by atoms with Gasteiger partial charge < -0.3 is 19.4 Å². The van der Waals surface area contributed by atoms with Crippen molar-refractivity contribution in [1.29, 1.82) is 0 Å². The predicted octanol–water partition coefficient (Wildman–Crippen LogP) is 4.79. The lowest BCUT2D eigenvalue weighted by Crippen LogP contribution is -2.47. The fourth-order valence-corrected chi connectivity index (χ4v) is 4.62. The molecule has 1 N–H and O–H groups in total. The average molecular weight is 515 g/mol. The predicted molar refractivity (Wildman–Crippen MR) is 147 cm³/mol. The van der Waals surface area contributed by atoms with Crippen LogP contribution < -0.4 is 20.3 Å². The van der Waals surface area contributed by atoms with E-state index in [1.807, 2.05) is 49.4 Å². The Kier molecular flexibility index (Phi) is 6.73. The number of amides is 1. The Morgan fingerprint density at radius 2 is 1.76 bits per heavy atom. The van der Waals surface area contributed by atoms with Crippen LogP contribution in [-0.4, -0.2) is 33.4 Å². The highest BCUT2D eigenvalue weighted by Crippen LogP contribution is 2.45. The molecule has 0 spiro atoms. The van der Waals surface area contributed by atoms with Crippen LogP contribution in [0.15, 0.2) is 71.8 Å². The molecule has 2 atom stereocenters. The number of carbonyl (C=O) groups excluding carboxylic acids is 1. The Balaban J connectivity index is 1.48. The van der Waals surface area contributed by atoms with Crippen molar-refractivity contribution in [3.8, 4) is 17.2 Å². The van der Waals surface area contributed by atoms with E-state index in [1.54, 1.807) is 37.3 Å². The van der Waals surface area contributed by atoms with Crippen LogP contribution in [0.25, 0.3) is 16.6 Å². The highest BCUT2D eigenvalue weighted by atomic mass is 16.5. The van der Waals surface area contributed by atoms with Crippen LogP contribution in [0.3, 0.4) is 0 Å². The fourth-order valence-electron chi connectivity index (χ4n) is 4.62. The third-order valence-corrected chi connectivity index (χ3v) is 7.45. The highest BCUT2D eigenvalue weighted by Gasteiger charge is 2.46. The molecule has 0 unspecified atom stereocenters. The van der Waals surface area contributed by atoms with Gasteiger partial charge in [0.05, 0.1) is 30.6 Å². The molecule has 0 radical (unpaired) electrons. The van der Waals surface area contributed by atoms with Gasteiger partial charge in [-0.1, -0.05) is 32.9 Å². The van der Waals surface area contributed by atoms with E-state index in [2.05, 4.69) is 24.3 Å². The second-order valence-corrected chi connectivity index (χ2v) is 10.7. The third kappa shape index (κ3) is 5.03. The number of hydrogen-bond donors (Lipinski definition) is 1. The van der Waals surface area contributed by atoms with E-state index in [1.165, 1.54) is 10.6 Å². The molecule has 38 heavy (non-hydrogen) atoms. The number of nitrogens with one attached hydrogen (secondary N) is 1. The lowest BCUT2D eigenvalue weighted by Gasteiger charge is -2.33. The molecule has 0 saturated heterocycles. The first-order valence-electron chi connectivity index (χ1n) is 12.9. The van der Waals surface area contributed by atoms with Crippen molar-refractivity contribution < 1.29 is 14.3 Å². The quantitative estimate of drug-likeness (QED) is 0.347. The van der Waals surface area contributed by atoms with Crippen molar-refractivity contribution in [2.24, 2.45) is 18.4 Å². The first-order chi connectivity index (χ1) is 18.2. The van der Waals surface area contributed by atoms with E-state index in [-0.39, 0.29) is 28.8 Å². The monoisotopic (exact) mass is 514 g/mol. The van der Waals surface area contributed by atoms with Crippen molar-refractivity contribution in [2.45, 2.75) is 45.8 Å². The molecule has 2 heterocycles. The van der Waals surface area contributed by atoms with E-state index in [0.717, 1.165) is 40.7 Å². The molecule has 4 aromatic rings. The summed E-state index contributed by atoms with van der Waals surface area (Å²) in [6, 6.07) is 16.7. The second-order valence-electron chi connectivity index (χ2n) is 10.7. The van der Waals surface area contributed by atoms with Gasteiger partial charge in [-0.25, -0.2) is 4.68 Å². The third-order valence-electron chi connectivity index (χ3n) is 7.45. The second kappa shape index (κ2) is 10.0. The fraction of sp³-hybridized carbons (Fsp3) is 0.367. The van der Waals surface area contributed by atoms with Crippen LogP contribution in [0, 0.1) is 11.3 Å². The van der Waals surface area contributed by atoms with Crippen molar-refractivity contribution in [2.75, 3.05) is 7.11 Å². The topological polar surface area (TPSA) is 87.4 Å². The summed E-state index contributed by atoms with van der Waals surface area (Å²) in [6.07, 6.45) is 4.95. The van der Waals surface area contributed by atoms with Gasteiger partial charge in [-0.2, -0.15) is 5.10 Å². The number of aromatic nitrogens is 3. The summed E-state index contributed by atoms with van der Waals surface area (Å²) in [6.45, 7) is 6.21. The number of rotatable bonds is 9. The van der Waals surface area contributed by atoms with Crippen LogP contribution in [-0.2, 0) is 11.8 Å². The first kappa shape index (κ1) is 25.6. The summed E-state index contributed by atoms with van der Waals surface area (Å²) < 4.78 is 15.3. The molecule has 1 fully saturated rings. The minimum atomic E-state index is -0.414. The van der Waals surface area contributed by atoms with Gasteiger partial charge >= 0.3 is 0 Å². The zero-order chi connectivity index (χ0) is 27.0. The summed E-state index contributed by atoms with van der Waals surface area (Å²) in [5.41, 5.74) is 2.28. The van der Waals surface area contributed by atoms with Gasteiger partial charge in [-0.05, 0) is 60.7 Å². The van der Waals surface area contributed by atoms with Gasteiger partial charge in [0.2, 0.25) is 11.5 Å². The highest BCUT2D eigenvalue weighted by molar-refractivity contribution is 5.85. The van der Waals surface area contributed by atoms with Crippen molar-refractivity contribution >= 4 is 16.8 Å². The Morgan fingerprint density at radius 1 is 1.05 bits per heavy atom. The number of pyridine rings is 1. The Labute approximate surface area is 222 Å². The van der Waals surface area contributed by atoms with Crippen LogP contribution in [0.1, 0.15) is 45.3 Å². The minimum absolute atomic E-state index is 0.0760. The number of fused-ring (bicyclic) bond motifs is 1. The SMILES string of the molecule is COc1ccc([C@@H](Oc2ccc3c(cnn3-c3ccc(=O)n(C)c3)c2)[C@@H](NC(=O)C2(C)CC2)C(C)C)cc1.